The number of nitrogens with one attached hydrogen (secondary N) is 1. The van der Waals surface area contributed by atoms with Crippen molar-refractivity contribution in [3.05, 3.63) is 30.1 Å². The highest BCUT2D eigenvalue weighted by atomic mass is 14.9. The largest absolute Gasteiger partial charge is 0.314 e. The van der Waals surface area contributed by atoms with Crippen LogP contribution in [-0.2, 0) is 6.42 Å². The summed E-state index contributed by atoms with van der Waals surface area (Å²) < 4.78 is 0. The van der Waals surface area contributed by atoms with Crippen molar-refractivity contribution in [3.63, 3.8) is 0 Å². The van der Waals surface area contributed by atoms with Gasteiger partial charge in [-0.15, -0.1) is 0 Å². The molecule has 0 aromatic carbocycles. The van der Waals surface area contributed by atoms with Crippen molar-refractivity contribution < 1.29 is 0 Å². The molecule has 17 heavy (non-hydrogen) atoms. The molecule has 0 bridgehead atoms. The summed E-state index contributed by atoms with van der Waals surface area (Å²) in [6.07, 6.45) is 7.21. The molecule has 0 radical (unpaired) electrons. The van der Waals surface area contributed by atoms with Crippen molar-refractivity contribution in [2.45, 2.75) is 38.1 Å². The molecule has 2 rings (SSSR count). The molecule has 1 N–H and O–H groups in total. The van der Waals surface area contributed by atoms with Gasteiger partial charge in [0.2, 0.25) is 0 Å². The number of hydrogen-bond acceptors (Lipinski definition) is 3. The van der Waals surface area contributed by atoms with E-state index >= 15 is 0 Å². The van der Waals surface area contributed by atoms with E-state index in [1.165, 1.54) is 0 Å². The lowest BCUT2D eigenvalue weighted by molar-refractivity contribution is 0.333. The topological polar surface area (TPSA) is 48.7 Å². The molecule has 1 aromatic heterocycles. The Morgan fingerprint density at radius 1 is 1.29 bits per heavy atom. The first-order chi connectivity index (χ1) is 8.38. The van der Waals surface area contributed by atoms with E-state index in [0.29, 0.717) is 12.0 Å². The summed E-state index contributed by atoms with van der Waals surface area (Å²) in [6, 6.07) is 9.01. The summed E-state index contributed by atoms with van der Waals surface area (Å²) in [7, 11) is 0. The maximum Gasteiger partial charge on any atom is 0.0655 e. The molecule has 1 saturated carbocycles. The average Bonchev–Trinajstić information content (AvgIpc) is 2.41. The molecule has 3 heteroatoms. The molecule has 0 aliphatic heterocycles. The maximum absolute atomic E-state index is 8.82. The Morgan fingerprint density at radius 3 is 2.76 bits per heavy atom. The molecule has 0 unspecified atom stereocenters. The monoisotopic (exact) mass is 229 g/mol. The molecule has 1 aliphatic carbocycles. The van der Waals surface area contributed by atoms with Crippen molar-refractivity contribution in [1.29, 1.82) is 5.26 Å². The van der Waals surface area contributed by atoms with Crippen LogP contribution in [0.2, 0.25) is 0 Å². The van der Waals surface area contributed by atoms with Crippen molar-refractivity contribution in [1.82, 2.24) is 10.3 Å². The predicted octanol–water partition coefficient (Wildman–Crippen LogP) is 2.30. The first-order valence-corrected chi connectivity index (χ1v) is 6.41. The lowest BCUT2D eigenvalue weighted by atomic mass is 9.87. The van der Waals surface area contributed by atoms with Crippen LogP contribution in [0, 0.1) is 17.2 Å². The predicted molar refractivity (Wildman–Crippen MR) is 67.3 cm³/mol. The Kier molecular flexibility index (Phi) is 4.52. The van der Waals surface area contributed by atoms with E-state index in [1.54, 1.807) is 0 Å². The van der Waals surface area contributed by atoms with Crippen LogP contribution in [0.3, 0.4) is 0 Å². The van der Waals surface area contributed by atoms with Gasteiger partial charge in [-0.25, -0.2) is 0 Å². The minimum atomic E-state index is 0.295. The van der Waals surface area contributed by atoms with Gasteiger partial charge in [-0.1, -0.05) is 6.07 Å². The van der Waals surface area contributed by atoms with Gasteiger partial charge in [0.25, 0.3) is 0 Å². The standard InChI is InChI=1S/C14H19N3/c15-11-12-4-6-14(7-5-12)17-10-8-13-3-1-2-9-16-13/h1-3,9,12,14,17H,4-8,10H2. The fraction of sp³-hybridized carbons (Fsp3) is 0.571. The maximum atomic E-state index is 8.82. The number of pyridine rings is 1. The van der Waals surface area contributed by atoms with Crippen molar-refractivity contribution in [3.8, 4) is 6.07 Å². The molecule has 0 atom stereocenters. The van der Waals surface area contributed by atoms with Crippen LogP contribution >= 0.6 is 0 Å². The van der Waals surface area contributed by atoms with E-state index in [9.17, 15) is 0 Å². The van der Waals surface area contributed by atoms with Gasteiger partial charge in [0.05, 0.1) is 6.07 Å². The highest BCUT2D eigenvalue weighted by Gasteiger charge is 2.19. The van der Waals surface area contributed by atoms with Crippen LogP contribution in [0.15, 0.2) is 24.4 Å². The summed E-state index contributed by atoms with van der Waals surface area (Å²) in [5.41, 5.74) is 1.14. The van der Waals surface area contributed by atoms with Gasteiger partial charge < -0.3 is 5.32 Å². The molecule has 1 aliphatic rings. The lowest BCUT2D eigenvalue weighted by Crippen LogP contribution is -2.34. The third kappa shape index (κ3) is 3.83. The van der Waals surface area contributed by atoms with Crippen LogP contribution < -0.4 is 5.32 Å². The van der Waals surface area contributed by atoms with Crippen molar-refractivity contribution in [2.75, 3.05) is 6.54 Å². The molecule has 1 heterocycles. The fourth-order valence-electron chi connectivity index (χ4n) is 2.38. The van der Waals surface area contributed by atoms with E-state index in [-0.39, 0.29) is 0 Å². The van der Waals surface area contributed by atoms with Gasteiger partial charge >= 0.3 is 0 Å². The number of nitriles is 1. The smallest absolute Gasteiger partial charge is 0.0655 e. The van der Waals surface area contributed by atoms with Crippen LogP contribution in [0.4, 0.5) is 0 Å². The van der Waals surface area contributed by atoms with Gasteiger partial charge in [0.15, 0.2) is 0 Å². The summed E-state index contributed by atoms with van der Waals surface area (Å²) in [6.45, 7) is 0.985. The summed E-state index contributed by atoms with van der Waals surface area (Å²) in [5, 5.41) is 12.4. The third-order valence-electron chi connectivity index (χ3n) is 3.45. The normalized spacial score (nSPS) is 24.2. The molecule has 3 nitrogen and oxygen atoms in total. The Bertz CT molecular complexity index is 361. The number of nitrogens with zero attached hydrogens (tertiary/aromatic N) is 2. The molecule has 0 saturated heterocycles. The number of aromatic nitrogens is 1. The zero-order chi connectivity index (χ0) is 11.9. The first-order valence-electron chi connectivity index (χ1n) is 6.41. The zero-order valence-electron chi connectivity index (χ0n) is 10.1. The van der Waals surface area contributed by atoms with Crippen molar-refractivity contribution in [2.24, 2.45) is 5.92 Å². The highest BCUT2D eigenvalue weighted by Crippen LogP contribution is 2.23. The van der Waals surface area contributed by atoms with Gasteiger partial charge in [-0.3, -0.25) is 4.98 Å². The Hall–Kier alpha value is -1.40. The third-order valence-corrected chi connectivity index (χ3v) is 3.45. The molecular formula is C14H19N3. The SMILES string of the molecule is N#CC1CCC(NCCc2ccccn2)CC1. The Balaban J connectivity index is 1.65. The van der Waals surface area contributed by atoms with Crippen LogP contribution in [0.5, 0.6) is 0 Å². The van der Waals surface area contributed by atoms with Gasteiger partial charge in [-0.2, -0.15) is 5.26 Å². The second kappa shape index (κ2) is 6.36. The van der Waals surface area contributed by atoms with Gasteiger partial charge in [-0.05, 0) is 37.8 Å². The quantitative estimate of drug-likeness (QED) is 0.861. The second-order valence-electron chi connectivity index (χ2n) is 4.70. The zero-order valence-corrected chi connectivity index (χ0v) is 10.1. The van der Waals surface area contributed by atoms with Crippen LogP contribution in [0.25, 0.3) is 0 Å². The van der Waals surface area contributed by atoms with Crippen LogP contribution in [-0.4, -0.2) is 17.6 Å². The van der Waals surface area contributed by atoms with E-state index in [0.717, 1.165) is 44.3 Å². The second-order valence-corrected chi connectivity index (χ2v) is 4.70. The van der Waals surface area contributed by atoms with Gasteiger partial charge in [0.1, 0.15) is 0 Å². The molecule has 90 valence electrons. The minimum Gasteiger partial charge on any atom is -0.314 e. The van der Waals surface area contributed by atoms with Crippen LogP contribution in [0.1, 0.15) is 31.4 Å². The van der Waals surface area contributed by atoms with E-state index < -0.39 is 0 Å². The minimum absolute atomic E-state index is 0.295. The average molecular weight is 229 g/mol. The molecule has 1 aromatic rings. The molecular weight excluding hydrogens is 210 g/mol. The molecule has 0 amide bonds. The van der Waals surface area contributed by atoms with E-state index in [2.05, 4.69) is 22.4 Å². The Morgan fingerprint density at radius 2 is 2.12 bits per heavy atom. The number of rotatable bonds is 4. The summed E-state index contributed by atoms with van der Waals surface area (Å²) in [5.74, 6) is 0.295. The summed E-state index contributed by atoms with van der Waals surface area (Å²) in [4.78, 5) is 4.30. The van der Waals surface area contributed by atoms with E-state index in [4.69, 9.17) is 5.26 Å². The molecule has 1 fully saturated rings. The van der Waals surface area contributed by atoms with Crippen molar-refractivity contribution >= 4 is 0 Å². The fourth-order valence-corrected chi connectivity index (χ4v) is 2.38. The first kappa shape index (κ1) is 12.1. The van der Waals surface area contributed by atoms with Gasteiger partial charge in [0, 0.05) is 36.8 Å². The Labute approximate surface area is 103 Å². The highest BCUT2D eigenvalue weighted by molar-refractivity contribution is 5.03. The lowest BCUT2D eigenvalue weighted by Gasteiger charge is -2.25. The molecule has 0 spiro atoms. The number of hydrogen-bond donors (Lipinski definition) is 1. The van der Waals surface area contributed by atoms with E-state index in [1.807, 2.05) is 18.3 Å². The summed E-state index contributed by atoms with van der Waals surface area (Å²) >= 11 is 0.